The van der Waals surface area contributed by atoms with Crippen molar-refractivity contribution in [2.24, 2.45) is 0 Å². The highest BCUT2D eigenvalue weighted by molar-refractivity contribution is 5.93. The van der Waals surface area contributed by atoms with Gasteiger partial charge in [-0.3, -0.25) is 9.78 Å². The zero-order chi connectivity index (χ0) is 13.1. The molecule has 19 heavy (non-hydrogen) atoms. The number of hydrogen-bond acceptors (Lipinski definition) is 2. The van der Waals surface area contributed by atoms with Gasteiger partial charge in [0, 0.05) is 18.3 Å². The summed E-state index contributed by atoms with van der Waals surface area (Å²) >= 11 is 0. The lowest BCUT2D eigenvalue weighted by Crippen LogP contribution is -2.37. The summed E-state index contributed by atoms with van der Waals surface area (Å²) in [5, 5.41) is 0. The summed E-state index contributed by atoms with van der Waals surface area (Å²) in [6.45, 7) is 0.354. The number of ketones is 1. The Morgan fingerprint density at radius 3 is 2.63 bits per heavy atom. The van der Waals surface area contributed by atoms with E-state index in [1.807, 2.05) is 47.4 Å². The molecule has 2 heterocycles. The van der Waals surface area contributed by atoms with Crippen molar-refractivity contribution >= 4 is 5.78 Å². The average molecular weight is 253 g/mol. The second-order valence-corrected chi connectivity index (χ2v) is 5.02. The van der Waals surface area contributed by atoms with E-state index >= 15 is 0 Å². The van der Waals surface area contributed by atoms with E-state index in [1.54, 1.807) is 0 Å². The van der Waals surface area contributed by atoms with Crippen LogP contribution in [-0.4, -0.2) is 10.8 Å². The van der Waals surface area contributed by atoms with Crippen molar-refractivity contribution in [3.8, 4) is 0 Å². The Kier molecular flexibility index (Phi) is 3.36. The fourth-order valence-electron chi connectivity index (χ4n) is 2.55. The number of aromatic nitrogens is 2. The molecule has 0 aromatic carbocycles. The maximum atomic E-state index is 12.2. The summed E-state index contributed by atoms with van der Waals surface area (Å²) < 4.78 is 1.88. The molecule has 1 aliphatic rings. The van der Waals surface area contributed by atoms with Crippen molar-refractivity contribution in [2.45, 2.75) is 32.2 Å². The topological polar surface area (TPSA) is 33.8 Å². The monoisotopic (exact) mass is 253 g/mol. The Morgan fingerprint density at radius 2 is 1.84 bits per heavy atom. The van der Waals surface area contributed by atoms with Crippen molar-refractivity contribution in [3.05, 3.63) is 59.7 Å². The van der Waals surface area contributed by atoms with Crippen LogP contribution in [0.25, 0.3) is 0 Å². The van der Waals surface area contributed by atoms with Crippen LogP contribution < -0.4 is 4.57 Å². The molecule has 0 N–H and O–H groups in total. The maximum Gasteiger partial charge on any atom is 0.245 e. The number of pyridine rings is 2. The number of fused-ring (bicyclic) bond motifs is 1. The molecular formula is C16H17N2O+. The maximum absolute atomic E-state index is 12.2. The lowest BCUT2D eigenvalue weighted by atomic mass is 9.92. The van der Waals surface area contributed by atoms with Gasteiger partial charge < -0.3 is 0 Å². The van der Waals surface area contributed by atoms with Crippen LogP contribution in [0.2, 0.25) is 0 Å². The Morgan fingerprint density at radius 1 is 1.11 bits per heavy atom. The van der Waals surface area contributed by atoms with E-state index in [1.165, 1.54) is 24.0 Å². The zero-order valence-electron chi connectivity index (χ0n) is 10.9. The van der Waals surface area contributed by atoms with E-state index in [9.17, 15) is 4.79 Å². The van der Waals surface area contributed by atoms with Crippen LogP contribution in [-0.2, 0) is 19.4 Å². The number of aryl methyl sites for hydroxylation is 2. The van der Waals surface area contributed by atoms with Gasteiger partial charge in [-0.2, -0.15) is 4.57 Å². The Balaban J connectivity index is 1.80. The molecule has 3 nitrogen and oxygen atoms in total. The fourth-order valence-corrected chi connectivity index (χ4v) is 2.55. The smallest absolute Gasteiger partial charge is 0.245 e. The molecule has 0 amide bonds. The second-order valence-electron chi connectivity index (χ2n) is 5.02. The van der Waals surface area contributed by atoms with Gasteiger partial charge in [0.05, 0.1) is 0 Å². The highest BCUT2D eigenvalue weighted by Crippen LogP contribution is 2.20. The van der Waals surface area contributed by atoms with Crippen LogP contribution in [0, 0.1) is 0 Å². The number of rotatable bonds is 3. The van der Waals surface area contributed by atoms with Gasteiger partial charge >= 0.3 is 0 Å². The molecule has 0 saturated heterocycles. The lowest BCUT2D eigenvalue weighted by molar-refractivity contribution is -0.683. The van der Waals surface area contributed by atoms with Gasteiger partial charge in [0.1, 0.15) is 5.69 Å². The Bertz CT molecular complexity index is 593. The molecule has 3 heteroatoms. The number of carbonyl (C=O) groups excluding carboxylic acids is 1. The van der Waals surface area contributed by atoms with Gasteiger partial charge in [0.2, 0.25) is 12.3 Å². The predicted molar refractivity (Wildman–Crippen MR) is 71.8 cm³/mol. The molecule has 0 radical (unpaired) electrons. The Labute approximate surface area is 112 Å². The van der Waals surface area contributed by atoms with Gasteiger partial charge in [-0.05, 0) is 42.9 Å². The molecule has 0 aliphatic heterocycles. The highest BCUT2D eigenvalue weighted by Gasteiger charge is 2.16. The second kappa shape index (κ2) is 5.31. The molecule has 2 aromatic heterocycles. The standard InChI is InChI=1S/C16H17N2O/c19-16(12-18-8-4-1-5-9-18)15-10-13-6-2-3-7-14(13)11-17-15/h1,4-5,8-11H,2-3,6-7,12H2/q+1. The van der Waals surface area contributed by atoms with Gasteiger partial charge in [-0.1, -0.05) is 6.07 Å². The largest absolute Gasteiger partial charge is 0.285 e. The first-order valence-electron chi connectivity index (χ1n) is 6.78. The molecule has 0 bridgehead atoms. The van der Waals surface area contributed by atoms with E-state index in [0.717, 1.165) is 12.8 Å². The minimum Gasteiger partial charge on any atom is -0.285 e. The van der Waals surface area contributed by atoms with Crippen LogP contribution >= 0.6 is 0 Å². The summed E-state index contributed by atoms with van der Waals surface area (Å²) in [6, 6.07) is 7.78. The fraction of sp³-hybridized carbons (Fsp3) is 0.312. The molecule has 0 saturated carbocycles. The van der Waals surface area contributed by atoms with Crippen molar-refractivity contribution < 1.29 is 9.36 Å². The van der Waals surface area contributed by atoms with E-state index in [-0.39, 0.29) is 5.78 Å². The van der Waals surface area contributed by atoms with Crippen molar-refractivity contribution in [1.82, 2.24) is 4.98 Å². The predicted octanol–water partition coefficient (Wildman–Crippen LogP) is 2.13. The van der Waals surface area contributed by atoms with E-state index in [4.69, 9.17) is 0 Å². The SMILES string of the molecule is O=C(C[n+]1ccccc1)c1cc2c(cn1)CCCC2. The van der Waals surface area contributed by atoms with Crippen molar-refractivity contribution in [1.29, 1.82) is 0 Å². The number of Topliss-reactive ketones (excluding diaryl/α,β-unsaturated/α-hetero) is 1. The van der Waals surface area contributed by atoms with Crippen molar-refractivity contribution in [3.63, 3.8) is 0 Å². The summed E-state index contributed by atoms with van der Waals surface area (Å²) in [5.41, 5.74) is 3.22. The lowest BCUT2D eigenvalue weighted by Gasteiger charge is -2.15. The molecule has 96 valence electrons. The van der Waals surface area contributed by atoms with Gasteiger partial charge in [0.25, 0.3) is 0 Å². The van der Waals surface area contributed by atoms with Crippen LogP contribution in [0.1, 0.15) is 34.5 Å². The normalized spacial score (nSPS) is 13.9. The molecule has 0 atom stereocenters. The van der Waals surface area contributed by atoms with E-state index in [0.29, 0.717) is 12.2 Å². The molecule has 3 rings (SSSR count). The molecule has 0 fully saturated rings. The van der Waals surface area contributed by atoms with Crippen LogP contribution in [0.4, 0.5) is 0 Å². The van der Waals surface area contributed by atoms with Crippen molar-refractivity contribution in [2.75, 3.05) is 0 Å². The number of hydrogen-bond donors (Lipinski definition) is 0. The molecule has 2 aromatic rings. The summed E-state index contributed by atoms with van der Waals surface area (Å²) in [6.07, 6.45) is 10.3. The number of nitrogens with zero attached hydrogens (tertiary/aromatic N) is 2. The summed E-state index contributed by atoms with van der Waals surface area (Å²) in [5.74, 6) is 0.0737. The van der Waals surface area contributed by atoms with Gasteiger partial charge in [-0.15, -0.1) is 0 Å². The third kappa shape index (κ3) is 2.70. The Hall–Kier alpha value is -2.03. The third-order valence-corrected chi connectivity index (χ3v) is 3.61. The van der Waals surface area contributed by atoms with E-state index in [2.05, 4.69) is 4.98 Å². The minimum atomic E-state index is 0.0737. The molecule has 1 aliphatic carbocycles. The summed E-state index contributed by atoms with van der Waals surface area (Å²) in [4.78, 5) is 16.5. The van der Waals surface area contributed by atoms with Gasteiger partial charge in [0.15, 0.2) is 12.4 Å². The number of carbonyl (C=O) groups is 1. The van der Waals surface area contributed by atoms with Crippen LogP contribution in [0.15, 0.2) is 42.9 Å². The first-order valence-corrected chi connectivity index (χ1v) is 6.78. The zero-order valence-corrected chi connectivity index (χ0v) is 10.9. The highest BCUT2D eigenvalue weighted by atomic mass is 16.1. The summed E-state index contributed by atoms with van der Waals surface area (Å²) in [7, 11) is 0. The minimum absolute atomic E-state index is 0.0737. The molecular weight excluding hydrogens is 236 g/mol. The first kappa shape index (κ1) is 12.0. The van der Waals surface area contributed by atoms with E-state index < -0.39 is 0 Å². The third-order valence-electron chi connectivity index (χ3n) is 3.61. The van der Waals surface area contributed by atoms with Crippen LogP contribution in [0.5, 0.6) is 0 Å². The van der Waals surface area contributed by atoms with Gasteiger partial charge in [-0.25, -0.2) is 0 Å². The quantitative estimate of drug-likeness (QED) is 0.620. The first-order chi connectivity index (χ1) is 9.33. The van der Waals surface area contributed by atoms with Crippen LogP contribution in [0.3, 0.4) is 0 Å². The molecule has 0 unspecified atom stereocenters. The average Bonchev–Trinajstić information content (AvgIpc) is 2.48. The molecule has 0 spiro atoms.